The Morgan fingerprint density at radius 3 is 2.40 bits per heavy atom. The Hall–Kier alpha value is -0.820. The summed E-state index contributed by atoms with van der Waals surface area (Å²) < 4.78 is 0. The molecule has 1 aliphatic heterocycles. The van der Waals surface area contributed by atoms with Crippen LogP contribution in [-0.4, -0.2) is 43.1 Å². The summed E-state index contributed by atoms with van der Waals surface area (Å²) in [6.07, 6.45) is 5.11. The number of aliphatic imine (C=N–C) groups is 1. The van der Waals surface area contributed by atoms with Crippen LogP contribution >= 0.6 is 24.0 Å². The molecule has 0 amide bonds. The predicted octanol–water partition coefficient (Wildman–Crippen LogP) is 3.54. The molecular weight excluding hydrogens is 423 g/mol. The fraction of sp³-hybridized carbons (Fsp3) is 0.650. The number of hydrogen-bond donors (Lipinski definition) is 2. The zero-order valence-corrected chi connectivity index (χ0v) is 18.0. The third-order valence-corrected chi connectivity index (χ3v) is 5.00. The van der Waals surface area contributed by atoms with Crippen LogP contribution in [0.2, 0.25) is 0 Å². The van der Waals surface area contributed by atoms with Gasteiger partial charge in [-0.2, -0.15) is 0 Å². The summed E-state index contributed by atoms with van der Waals surface area (Å²) in [5.41, 5.74) is 2.77. The summed E-state index contributed by atoms with van der Waals surface area (Å²) in [5, 5.41) is 6.87. The molecule has 2 fully saturated rings. The Balaban J connectivity index is 0.00000225. The van der Waals surface area contributed by atoms with Crippen molar-refractivity contribution in [3.63, 3.8) is 0 Å². The fourth-order valence-electron chi connectivity index (χ4n) is 3.24. The largest absolute Gasteiger partial charge is 0.357 e. The summed E-state index contributed by atoms with van der Waals surface area (Å²) in [5.74, 6) is 1.75. The SMILES string of the molecule is CCNC(=NCC1CCN(Cc2ccc(C)cc2)CC1)NC1CC1.I. The molecule has 3 rings (SSSR count). The van der Waals surface area contributed by atoms with Gasteiger partial charge >= 0.3 is 0 Å². The van der Waals surface area contributed by atoms with Gasteiger partial charge in [0, 0.05) is 25.7 Å². The van der Waals surface area contributed by atoms with Gasteiger partial charge in [-0.05, 0) is 64.1 Å². The molecule has 2 N–H and O–H groups in total. The van der Waals surface area contributed by atoms with Crippen molar-refractivity contribution in [1.82, 2.24) is 15.5 Å². The maximum absolute atomic E-state index is 4.81. The van der Waals surface area contributed by atoms with Crippen molar-refractivity contribution in [3.05, 3.63) is 35.4 Å². The Labute approximate surface area is 169 Å². The lowest BCUT2D eigenvalue weighted by Gasteiger charge is -2.31. The van der Waals surface area contributed by atoms with Gasteiger partial charge in [0.1, 0.15) is 0 Å². The van der Waals surface area contributed by atoms with Crippen LogP contribution in [0, 0.1) is 12.8 Å². The number of rotatable bonds is 6. The molecule has 1 aromatic rings. The molecule has 0 atom stereocenters. The topological polar surface area (TPSA) is 39.7 Å². The van der Waals surface area contributed by atoms with E-state index in [1.807, 2.05) is 0 Å². The second-order valence-electron chi connectivity index (χ2n) is 7.34. The van der Waals surface area contributed by atoms with Crippen LogP contribution in [0.3, 0.4) is 0 Å². The van der Waals surface area contributed by atoms with Gasteiger partial charge in [-0.1, -0.05) is 29.8 Å². The molecule has 0 aromatic heterocycles. The maximum atomic E-state index is 4.81. The number of nitrogens with zero attached hydrogens (tertiary/aromatic N) is 2. The molecule has 4 nitrogen and oxygen atoms in total. The van der Waals surface area contributed by atoms with Gasteiger partial charge in [0.25, 0.3) is 0 Å². The van der Waals surface area contributed by atoms with E-state index in [2.05, 4.69) is 53.6 Å². The highest BCUT2D eigenvalue weighted by Crippen LogP contribution is 2.20. The molecule has 1 saturated carbocycles. The zero-order valence-electron chi connectivity index (χ0n) is 15.6. The average molecular weight is 456 g/mol. The van der Waals surface area contributed by atoms with E-state index in [0.717, 1.165) is 31.5 Å². The normalized spacial score (nSPS) is 19.4. The summed E-state index contributed by atoms with van der Waals surface area (Å²) >= 11 is 0. The molecular formula is C20H33IN4. The summed E-state index contributed by atoms with van der Waals surface area (Å²) in [4.78, 5) is 7.39. The molecule has 0 bridgehead atoms. The molecule has 1 aliphatic carbocycles. The molecule has 0 spiro atoms. The molecule has 1 aromatic carbocycles. The Kier molecular flexibility index (Phi) is 8.49. The van der Waals surface area contributed by atoms with Crippen LogP contribution in [0.15, 0.2) is 29.3 Å². The lowest BCUT2D eigenvalue weighted by molar-refractivity contribution is 0.180. The Morgan fingerprint density at radius 2 is 1.80 bits per heavy atom. The molecule has 0 unspecified atom stereocenters. The van der Waals surface area contributed by atoms with E-state index in [-0.39, 0.29) is 24.0 Å². The smallest absolute Gasteiger partial charge is 0.191 e. The van der Waals surface area contributed by atoms with Crippen molar-refractivity contribution in [2.75, 3.05) is 26.2 Å². The van der Waals surface area contributed by atoms with Gasteiger partial charge in [0.2, 0.25) is 0 Å². The molecule has 2 aliphatic rings. The lowest BCUT2D eigenvalue weighted by atomic mass is 9.96. The minimum absolute atomic E-state index is 0. The van der Waals surface area contributed by atoms with Crippen LogP contribution in [0.5, 0.6) is 0 Å². The molecule has 140 valence electrons. The minimum Gasteiger partial charge on any atom is -0.357 e. The van der Waals surface area contributed by atoms with Crippen molar-refractivity contribution in [3.8, 4) is 0 Å². The van der Waals surface area contributed by atoms with Gasteiger partial charge in [-0.25, -0.2) is 0 Å². The second-order valence-corrected chi connectivity index (χ2v) is 7.34. The average Bonchev–Trinajstić information content (AvgIpc) is 3.40. The van der Waals surface area contributed by atoms with E-state index in [1.165, 1.54) is 49.9 Å². The number of hydrogen-bond acceptors (Lipinski definition) is 2. The molecule has 25 heavy (non-hydrogen) atoms. The monoisotopic (exact) mass is 456 g/mol. The standard InChI is InChI=1S/C20H32N4.HI/c1-3-21-20(23-19-8-9-19)22-14-17-10-12-24(13-11-17)15-18-6-4-16(2)5-7-18;/h4-7,17,19H,3,8-15H2,1-2H3,(H2,21,22,23);1H. The van der Waals surface area contributed by atoms with Gasteiger partial charge in [-0.3, -0.25) is 9.89 Å². The molecule has 1 heterocycles. The Bertz CT molecular complexity index is 531. The highest BCUT2D eigenvalue weighted by atomic mass is 127. The number of benzene rings is 1. The zero-order chi connectivity index (χ0) is 16.8. The van der Waals surface area contributed by atoms with Crippen molar-refractivity contribution in [1.29, 1.82) is 0 Å². The number of likely N-dealkylation sites (tertiary alicyclic amines) is 1. The second kappa shape index (κ2) is 10.4. The van der Waals surface area contributed by atoms with E-state index >= 15 is 0 Å². The van der Waals surface area contributed by atoms with Gasteiger partial charge < -0.3 is 10.6 Å². The summed E-state index contributed by atoms with van der Waals surface area (Å²) in [6, 6.07) is 9.62. The van der Waals surface area contributed by atoms with E-state index in [0.29, 0.717) is 6.04 Å². The van der Waals surface area contributed by atoms with Crippen LogP contribution in [0.25, 0.3) is 0 Å². The van der Waals surface area contributed by atoms with E-state index in [9.17, 15) is 0 Å². The van der Waals surface area contributed by atoms with Gasteiger partial charge in [0.15, 0.2) is 5.96 Å². The first-order valence-corrected chi connectivity index (χ1v) is 9.55. The Morgan fingerprint density at radius 1 is 1.12 bits per heavy atom. The van der Waals surface area contributed by atoms with Crippen LogP contribution < -0.4 is 10.6 Å². The van der Waals surface area contributed by atoms with Crippen molar-refractivity contribution < 1.29 is 0 Å². The van der Waals surface area contributed by atoms with Crippen molar-refractivity contribution >= 4 is 29.9 Å². The van der Waals surface area contributed by atoms with Gasteiger partial charge in [0.05, 0.1) is 0 Å². The first-order valence-electron chi connectivity index (χ1n) is 9.55. The van der Waals surface area contributed by atoms with Crippen LogP contribution in [0.4, 0.5) is 0 Å². The third kappa shape index (κ3) is 7.13. The quantitative estimate of drug-likeness (QED) is 0.391. The third-order valence-electron chi connectivity index (χ3n) is 5.00. The van der Waals surface area contributed by atoms with Crippen LogP contribution in [0.1, 0.15) is 43.7 Å². The fourth-order valence-corrected chi connectivity index (χ4v) is 3.24. The summed E-state index contributed by atoms with van der Waals surface area (Å²) in [7, 11) is 0. The lowest BCUT2D eigenvalue weighted by Crippen LogP contribution is -2.39. The number of aryl methyl sites for hydroxylation is 1. The number of guanidine groups is 1. The van der Waals surface area contributed by atoms with Gasteiger partial charge in [-0.15, -0.1) is 24.0 Å². The van der Waals surface area contributed by atoms with E-state index in [1.54, 1.807) is 0 Å². The minimum atomic E-state index is 0. The number of halogens is 1. The van der Waals surface area contributed by atoms with Crippen molar-refractivity contribution in [2.45, 2.75) is 52.1 Å². The molecule has 5 heteroatoms. The summed E-state index contributed by atoms with van der Waals surface area (Å²) in [6.45, 7) is 9.65. The molecule has 0 radical (unpaired) electrons. The molecule has 1 saturated heterocycles. The van der Waals surface area contributed by atoms with Crippen molar-refractivity contribution in [2.24, 2.45) is 10.9 Å². The first kappa shape index (κ1) is 20.5. The van der Waals surface area contributed by atoms with Crippen LogP contribution in [-0.2, 0) is 6.54 Å². The highest BCUT2D eigenvalue weighted by Gasteiger charge is 2.23. The maximum Gasteiger partial charge on any atom is 0.191 e. The number of piperidine rings is 1. The van der Waals surface area contributed by atoms with E-state index in [4.69, 9.17) is 4.99 Å². The highest BCUT2D eigenvalue weighted by molar-refractivity contribution is 14.0. The predicted molar refractivity (Wildman–Crippen MR) is 117 cm³/mol. The van der Waals surface area contributed by atoms with E-state index < -0.39 is 0 Å². The number of nitrogens with one attached hydrogen (secondary N) is 2. The first-order chi connectivity index (χ1) is 11.7.